The van der Waals surface area contributed by atoms with Gasteiger partial charge in [0, 0.05) is 62.5 Å². The van der Waals surface area contributed by atoms with E-state index in [4.69, 9.17) is 28.4 Å². The van der Waals surface area contributed by atoms with Crippen LogP contribution in [-0.2, 0) is 19.1 Å². The van der Waals surface area contributed by atoms with Gasteiger partial charge >= 0.3 is 0 Å². The number of carbonyl (C=O) groups is 2. The number of ketones is 2. The Morgan fingerprint density at radius 1 is 0.698 bits per heavy atom. The second-order valence-corrected chi connectivity index (χ2v) is 10.2. The molecule has 0 aliphatic carbocycles. The first-order chi connectivity index (χ1) is 21.0. The van der Waals surface area contributed by atoms with E-state index in [1.807, 2.05) is 24.3 Å². The van der Waals surface area contributed by atoms with Gasteiger partial charge in [-0.05, 0) is 48.6 Å². The van der Waals surface area contributed by atoms with E-state index in [9.17, 15) is 9.59 Å². The van der Waals surface area contributed by atoms with Gasteiger partial charge in [0.2, 0.25) is 0 Å². The molecule has 43 heavy (non-hydrogen) atoms. The van der Waals surface area contributed by atoms with Crippen LogP contribution in [0.4, 0.5) is 0 Å². The molecule has 0 saturated carbocycles. The van der Waals surface area contributed by atoms with Gasteiger partial charge in [-0.25, -0.2) is 0 Å². The van der Waals surface area contributed by atoms with Crippen molar-refractivity contribution in [2.75, 3.05) is 93.1 Å². The fraction of sp³-hybridized carbons (Fsp3) is 0.455. The number of hydrogen-bond acceptors (Lipinski definition) is 10. The molecule has 2 aliphatic heterocycles. The summed E-state index contributed by atoms with van der Waals surface area (Å²) in [7, 11) is 3.14. The Labute approximate surface area is 253 Å². The minimum Gasteiger partial charge on any atom is -0.496 e. The highest BCUT2D eigenvalue weighted by atomic mass is 16.5. The van der Waals surface area contributed by atoms with E-state index in [1.165, 1.54) is 12.2 Å². The first-order valence-electron chi connectivity index (χ1n) is 14.7. The Bertz CT molecular complexity index is 1150. The SMILES string of the molecule is COc1cc(OCCN2CCOCC2)ccc1C=CC(=O)CC(=O)C=Cc1ccc(OCCN2CCOCC2)cc1OC. The topological polar surface area (TPSA) is 96.0 Å². The van der Waals surface area contributed by atoms with Crippen LogP contribution in [0.1, 0.15) is 17.5 Å². The van der Waals surface area contributed by atoms with Crippen molar-refractivity contribution in [1.82, 2.24) is 9.80 Å². The van der Waals surface area contributed by atoms with E-state index in [0.717, 1.165) is 76.8 Å². The molecule has 2 aromatic rings. The van der Waals surface area contributed by atoms with Crippen molar-refractivity contribution in [1.29, 1.82) is 0 Å². The Balaban J connectivity index is 1.23. The van der Waals surface area contributed by atoms with Gasteiger partial charge in [-0.15, -0.1) is 0 Å². The molecule has 0 aromatic heterocycles. The fourth-order valence-corrected chi connectivity index (χ4v) is 4.73. The minimum absolute atomic E-state index is 0.247. The van der Waals surface area contributed by atoms with Gasteiger partial charge < -0.3 is 28.4 Å². The van der Waals surface area contributed by atoms with Gasteiger partial charge in [0.15, 0.2) is 11.6 Å². The third-order valence-corrected chi connectivity index (χ3v) is 7.22. The first kappa shape index (κ1) is 32.2. The van der Waals surface area contributed by atoms with Crippen molar-refractivity contribution in [3.63, 3.8) is 0 Å². The average molecular weight is 595 g/mol. The second kappa shape index (κ2) is 17.4. The molecular weight excluding hydrogens is 552 g/mol. The lowest BCUT2D eigenvalue weighted by atomic mass is 10.1. The maximum atomic E-state index is 12.5. The molecule has 232 valence electrons. The number of carbonyl (C=O) groups excluding carboxylic acids is 2. The number of hydrogen-bond donors (Lipinski definition) is 0. The van der Waals surface area contributed by atoms with Crippen molar-refractivity contribution >= 4 is 23.7 Å². The zero-order chi connectivity index (χ0) is 30.3. The fourth-order valence-electron chi connectivity index (χ4n) is 4.73. The van der Waals surface area contributed by atoms with Gasteiger partial charge in [-0.3, -0.25) is 19.4 Å². The quantitative estimate of drug-likeness (QED) is 0.213. The van der Waals surface area contributed by atoms with Crippen molar-refractivity contribution in [2.24, 2.45) is 0 Å². The van der Waals surface area contributed by atoms with Crippen LogP contribution in [0.5, 0.6) is 23.0 Å². The molecule has 0 spiro atoms. The van der Waals surface area contributed by atoms with Crippen molar-refractivity contribution in [3.8, 4) is 23.0 Å². The van der Waals surface area contributed by atoms with E-state index < -0.39 is 0 Å². The van der Waals surface area contributed by atoms with Gasteiger partial charge in [-0.2, -0.15) is 0 Å². The molecule has 4 rings (SSSR count). The highest BCUT2D eigenvalue weighted by Crippen LogP contribution is 2.27. The Hall–Kier alpha value is -3.70. The Morgan fingerprint density at radius 3 is 1.51 bits per heavy atom. The molecule has 2 saturated heterocycles. The molecule has 2 heterocycles. The molecule has 10 heteroatoms. The summed E-state index contributed by atoms with van der Waals surface area (Å²) < 4.78 is 33.5. The monoisotopic (exact) mass is 594 g/mol. The molecule has 0 N–H and O–H groups in total. The Morgan fingerprint density at radius 2 is 1.12 bits per heavy atom. The van der Waals surface area contributed by atoms with E-state index in [0.29, 0.717) is 36.2 Å². The van der Waals surface area contributed by atoms with Crippen LogP contribution in [0.3, 0.4) is 0 Å². The number of ether oxygens (including phenoxy) is 6. The molecule has 0 unspecified atom stereocenters. The highest BCUT2D eigenvalue weighted by Gasteiger charge is 2.12. The molecule has 10 nitrogen and oxygen atoms in total. The summed E-state index contributed by atoms with van der Waals surface area (Å²) in [5, 5.41) is 0. The minimum atomic E-state index is -0.307. The van der Waals surface area contributed by atoms with Crippen molar-refractivity contribution in [2.45, 2.75) is 6.42 Å². The molecule has 2 fully saturated rings. The summed E-state index contributed by atoms with van der Waals surface area (Å²) in [5.74, 6) is 1.94. The predicted molar refractivity (Wildman–Crippen MR) is 164 cm³/mol. The number of methoxy groups -OCH3 is 2. The van der Waals surface area contributed by atoms with E-state index in [2.05, 4.69) is 9.80 Å². The summed E-state index contributed by atoms with van der Waals surface area (Å²) >= 11 is 0. The zero-order valence-electron chi connectivity index (χ0n) is 25.1. The second-order valence-electron chi connectivity index (χ2n) is 10.2. The number of benzene rings is 2. The van der Waals surface area contributed by atoms with E-state index in [-0.39, 0.29) is 18.0 Å². The summed E-state index contributed by atoms with van der Waals surface area (Å²) in [5.41, 5.74) is 1.44. The molecule has 2 aliphatic rings. The van der Waals surface area contributed by atoms with Crippen LogP contribution >= 0.6 is 0 Å². The lowest BCUT2D eigenvalue weighted by Crippen LogP contribution is -2.38. The summed E-state index contributed by atoms with van der Waals surface area (Å²) in [6.45, 7) is 9.44. The maximum Gasteiger partial charge on any atom is 0.163 e. The third kappa shape index (κ3) is 10.8. The van der Waals surface area contributed by atoms with Crippen molar-refractivity contribution in [3.05, 3.63) is 59.7 Å². The van der Waals surface area contributed by atoms with Crippen LogP contribution in [0.2, 0.25) is 0 Å². The maximum absolute atomic E-state index is 12.5. The molecular formula is C33H42N2O8. The van der Waals surface area contributed by atoms with Crippen LogP contribution in [0, 0.1) is 0 Å². The smallest absolute Gasteiger partial charge is 0.163 e. The predicted octanol–water partition coefficient (Wildman–Crippen LogP) is 3.38. The lowest BCUT2D eigenvalue weighted by Gasteiger charge is -2.26. The van der Waals surface area contributed by atoms with Crippen LogP contribution in [0.25, 0.3) is 12.2 Å². The normalized spacial score (nSPS) is 16.4. The lowest BCUT2D eigenvalue weighted by molar-refractivity contribution is -0.121. The molecule has 0 atom stereocenters. The van der Waals surface area contributed by atoms with Gasteiger partial charge in [0.05, 0.1) is 47.1 Å². The van der Waals surface area contributed by atoms with Crippen molar-refractivity contribution < 1.29 is 38.0 Å². The van der Waals surface area contributed by atoms with Crippen LogP contribution < -0.4 is 18.9 Å². The average Bonchev–Trinajstić information content (AvgIpc) is 3.04. The molecule has 0 radical (unpaired) electrons. The summed E-state index contributed by atoms with van der Waals surface area (Å²) in [4.78, 5) is 29.6. The largest absolute Gasteiger partial charge is 0.496 e. The van der Waals surface area contributed by atoms with E-state index >= 15 is 0 Å². The highest BCUT2D eigenvalue weighted by molar-refractivity contribution is 6.11. The number of rotatable bonds is 16. The summed E-state index contributed by atoms with van der Waals surface area (Å²) in [6, 6.07) is 10.9. The van der Waals surface area contributed by atoms with Crippen LogP contribution in [-0.4, -0.2) is 114 Å². The molecule has 2 aromatic carbocycles. The van der Waals surface area contributed by atoms with E-state index in [1.54, 1.807) is 38.5 Å². The number of morpholine rings is 2. The first-order valence-corrected chi connectivity index (χ1v) is 14.7. The van der Waals surface area contributed by atoms with Crippen LogP contribution in [0.15, 0.2) is 48.6 Å². The molecule has 0 amide bonds. The Kier molecular flexibility index (Phi) is 13.1. The standard InChI is InChI=1S/C33H42N2O8/c1-38-32-24-30(42-21-15-34-11-17-40-18-12-34)9-5-26(32)3-7-28(36)23-29(37)8-4-27-6-10-31(25-33(27)39-2)43-22-16-35-13-19-41-20-14-35/h3-10,24-25H,11-23H2,1-2H3. The van der Waals surface area contributed by atoms with Gasteiger partial charge in [-0.1, -0.05) is 0 Å². The number of allylic oxidation sites excluding steroid dienone is 2. The third-order valence-electron chi connectivity index (χ3n) is 7.22. The summed E-state index contributed by atoms with van der Waals surface area (Å²) in [6.07, 6.45) is 5.84. The zero-order valence-corrected chi connectivity index (χ0v) is 25.1. The molecule has 0 bridgehead atoms. The number of nitrogens with zero attached hydrogens (tertiary/aromatic N) is 2. The van der Waals surface area contributed by atoms with Gasteiger partial charge in [0.1, 0.15) is 36.2 Å². The van der Waals surface area contributed by atoms with Gasteiger partial charge in [0.25, 0.3) is 0 Å².